The number of nitrogens with zero attached hydrogens (tertiary/aromatic N) is 2. The summed E-state index contributed by atoms with van der Waals surface area (Å²) in [6.07, 6.45) is 0.0340. The molecule has 0 N–H and O–H groups in total. The molecule has 2 amide bonds. The number of morpholine rings is 1. The van der Waals surface area contributed by atoms with Gasteiger partial charge in [0.1, 0.15) is 0 Å². The SMILES string of the molecule is C[C@@H]1CN(C(=O)c2cccc(C(=O)N(C)c3ccccc3)c2)CCO1. The summed E-state index contributed by atoms with van der Waals surface area (Å²) >= 11 is 0. The van der Waals surface area contributed by atoms with Crippen LogP contribution in [0.4, 0.5) is 5.69 Å². The van der Waals surface area contributed by atoms with Crippen molar-refractivity contribution in [2.45, 2.75) is 13.0 Å². The van der Waals surface area contributed by atoms with Gasteiger partial charge >= 0.3 is 0 Å². The van der Waals surface area contributed by atoms with Gasteiger partial charge in [0.15, 0.2) is 0 Å². The van der Waals surface area contributed by atoms with Crippen LogP contribution in [0.1, 0.15) is 27.6 Å². The molecule has 0 saturated carbocycles. The summed E-state index contributed by atoms with van der Waals surface area (Å²) in [6, 6.07) is 16.3. The number of hydrogen-bond acceptors (Lipinski definition) is 3. The Labute approximate surface area is 147 Å². The molecule has 5 nitrogen and oxygen atoms in total. The van der Waals surface area contributed by atoms with E-state index in [2.05, 4.69) is 0 Å². The van der Waals surface area contributed by atoms with Crippen molar-refractivity contribution >= 4 is 17.5 Å². The summed E-state index contributed by atoms with van der Waals surface area (Å²) < 4.78 is 5.48. The fourth-order valence-electron chi connectivity index (χ4n) is 2.93. The Morgan fingerprint density at radius 2 is 1.80 bits per heavy atom. The molecule has 1 aliphatic heterocycles. The smallest absolute Gasteiger partial charge is 0.258 e. The first-order valence-electron chi connectivity index (χ1n) is 8.40. The first kappa shape index (κ1) is 17.2. The number of anilines is 1. The first-order chi connectivity index (χ1) is 12.1. The second-order valence-corrected chi connectivity index (χ2v) is 6.21. The number of benzene rings is 2. The molecule has 3 rings (SSSR count). The van der Waals surface area contributed by atoms with Crippen molar-refractivity contribution < 1.29 is 14.3 Å². The van der Waals surface area contributed by atoms with Crippen LogP contribution in [0, 0.1) is 0 Å². The number of carbonyl (C=O) groups is 2. The minimum atomic E-state index is -0.142. The van der Waals surface area contributed by atoms with Crippen molar-refractivity contribution in [3.05, 3.63) is 65.7 Å². The van der Waals surface area contributed by atoms with Gasteiger partial charge in [-0.05, 0) is 37.3 Å². The molecule has 2 aromatic carbocycles. The lowest BCUT2D eigenvalue weighted by molar-refractivity contribution is -0.0124. The molecule has 0 aliphatic carbocycles. The minimum absolute atomic E-state index is 0.0340. The minimum Gasteiger partial charge on any atom is -0.375 e. The molecule has 5 heteroatoms. The van der Waals surface area contributed by atoms with E-state index in [-0.39, 0.29) is 17.9 Å². The first-order valence-corrected chi connectivity index (χ1v) is 8.40. The number of para-hydroxylation sites is 1. The lowest BCUT2D eigenvalue weighted by atomic mass is 10.1. The van der Waals surface area contributed by atoms with Crippen molar-refractivity contribution in [3.63, 3.8) is 0 Å². The molecular formula is C20H22N2O3. The van der Waals surface area contributed by atoms with Crippen molar-refractivity contribution in [2.75, 3.05) is 31.6 Å². The number of amides is 2. The molecule has 1 atom stereocenters. The Morgan fingerprint density at radius 3 is 2.52 bits per heavy atom. The van der Waals surface area contributed by atoms with E-state index in [0.717, 1.165) is 5.69 Å². The third-order valence-electron chi connectivity index (χ3n) is 4.33. The Kier molecular flexibility index (Phi) is 5.14. The quantitative estimate of drug-likeness (QED) is 0.865. The van der Waals surface area contributed by atoms with Crippen LogP contribution in [0.3, 0.4) is 0 Å². The van der Waals surface area contributed by atoms with Gasteiger partial charge < -0.3 is 14.5 Å². The Balaban J connectivity index is 1.79. The van der Waals surface area contributed by atoms with E-state index in [4.69, 9.17) is 4.74 Å². The highest BCUT2D eigenvalue weighted by molar-refractivity contribution is 6.07. The van der Waals surface area contributed by atoms with Crippen LogP contribution in [0.5, 0.6) is 0 Å². The fourth-order valence-corrected chi connectivity index (χ4v) is 2.93. The van der Waals surface area contributed by atoms with E-state index in [1.807, 2.05) is 37.3 Å². The van der Waals surface area contributed by atoms with E-state index >= 15 is 0 Å². The highest BCUT2D eigenvalue weighted by atomic mass is 16.5. The van der Waals surface area contributed by atoms with Crippen LogP contribution >= 0.6 is 0 Å². The van der Waals surface area contributed by atoms with Crippen LogP contribution in [-0.2, 0) is 4.74 Å². The number of rotatable bonds is 3. The highest BCUT2D eigenvalue weighted by Gasteiger charge is 2.23. The Bertz CT molecular complexity index is 761. The van der Waals surface area contributed by atoms with Crippen LogP contribution < -0.4 is 4.90 Å². The summed E-state index contributed by atoms with van der Waals surface area (Å²) in [5.41, 5.74) is 1.84. The Morgan fingerprint density at radius 1 is 1.08 bits per heavy atom. The van der Waals surface area contributed by atoms with Crippen LogP contribution in [-0.4, -0.2) is 49.6 Å². The maximum Gasteiger partial charge on any atom is 0.258 e. The van der Waals surface area contributed by atoms with Gasteiger partial charge in [-0.1, -0.05) is 24.3 Å². The van der Waals surface area contributed by atoms with Gasteiger partial charge in [-0.15, -0.1) is 0 Å². The van der Waals surface area contributed by atoms with Gasteiger partial charge in [0.05, 0.1) is 12.7 Å². The molecule has 0 spiro atoms. The third-order valence-corrected chi connectivity index (χ3v) is 4.33. The Hall–Kier alpha value is -2.66. The summed E-state index contributed by atoms with van der Waals surface area (Å²) in [7, 11) is 1.73. The van der Waals surface area contributed by atoms with E-state index in [1.54, 1.807) is 41.1 Å². The van der Waals surface area contributed by atoms with Gasteiger partial charge in [0, 0.05) is 37.0 Å². The number of hydrogen-bond donors (Lipinski definition) is 0. The van der Waals surface area contributed by atoms with Gasteiger partial charge in [-0.3, -0.25) is 9.59 Å². The van der Waals surface area contributed by atoms with Crippen molar-refractivity contribution in [1.29, 1.82) is 0 Å². The van der Waals surface area contributed by atoms with E-state index < -0.39 is 0 Å². The number of carbonyl (C=O) groups excluding carboxylic acids is 2. The monoisotopic (exact) mass is 338 g/mol. The summed E-state index contributed by atoms with van der Waals surface area (Å²) in [6.45, 7) is 3.64. The molecule has 0 unspecified atom stereocenters. The molecule has 0 aromatic heterocycles. The topological polar surface area (TPSA) is 49.9 Å². The van der Waals surface area contributed by atoms with Crippen molar-refractivity contribution in [1.82, 2.24) is 4.90 Å². The molecule has 1 saturated heterocycles. The third kappa shape index (κ3) is 3.88. The molecular weight excluding hydrogens is 316 g/mol. The maximum atomic E-state index is 12.7. The zero-order valence-corrected chi connectivity index (χ0v) is 14.5. The average molecular weight is 338 g/mol. The molecule has 0 bridgehead atoms. The fraction of sp³-hybridized carbons (Fsp3) is 0.300. The zero-order chi connectivity index (χ0) is 17.8. The van der Waals surface area contributed by atoms with Gasteiger partial charge in [-0.2, -0.15) is 0 Å². The normalized spacial score (nSPS) is 17.2. The van der Waals surface area contributed by atoms with E-state index in [0.29, 0.717) is 30.8 Å². The van der Waals surface area contributed by atoms with Gasteiger partial charge in [-0.25, -0.2) is 0 Å². The number of ether oxygens (including phenoxy) is 1. The predicted molar refractivity (Wildman–Crippen MR) is 96.9 cm³/mol. The summed E-state index contributed by atoms with van der Waals surface area (Å²) in [5.74, 6) is -0.205. The van der Waals surface area contributed by atoms with Crippen LogP contribution in [0.15, 0.2) is 54.6 Å². The van der Waals surface area contributed by atoms with Gasteiger partial charge in [0.2, 0.25) is 0 Å². The molecule has 130 valence electrons. The van der Waals surface area contributed by atoms with Crippen LogP contribution in [0.2, 0.25) is 0 Å². The molecule has 1 aliphatic rings. The second kappa shape index (κ2) is 7.49. The average Bonchev–Trinajstić information content (AvgIpc) is 2.67. The van der Waals surface area contributed by atoms with E-state index in [9.17, 15) is 9.59 Å². The molecule has 0 radical (unpaired) electrons. The predicted octanol–water partition coefficient (Wildman–Crippen LogP) is 2.82. The van der Waals surface area contributed by atoms with Gasteiger partial charge in [0.25, 0.3) is 11.8 Å². The molecule has 1 heterocycles. The molecule has 2 aromatic rings. The standard InChI is InChI=1S/C20H22N2O3/c1-15-14-22(11-12-25-15)20(24)17-8-6-7-16(13-17)19(23)21(2)18-9-4-3-5-10-18/h3-10,13,15H,11-12,14H2,1-2H3/t15-/m1/s1. The van der Waals surface area contributed by atoms with E-state index in [1.165, 1.54) is 0 Å². The van der Waals surface area contributed by atoms with Crippen LogP contribution in [0.25, 0.3) is 0 Å². The summed E-state index contributed by atoms with van der Waals surface area (Å²) in [4.78, 5) is 28.8. The summed E-state index contributed by atoms with van der Waals surface area (Å²) in [5, 5.41) is 0. The van der Waals surface area contributed by atoms with Crippen molar-refractivity contribution in [2.24, 2.45) is 0 Å². The largest absolute Gasteiger partial charge is 0.375 e. The molecule has 1 fully saturated rings. The molecule has 25 heavy (non-hydrogen) atoms. The lowest BCUT2D eigenvalue weighted by Crippen LogP contribution is -2.44. The second-order valence-electron chi connectivity index (χ2n) is 6.21. The maximum absolute atomic E-state index is 12.7. The highest BCUT2D eigenvalue weighted by Crippen LogP contribution is 2.17. The lowest BCUT2D eigenvalue weighted by Gasteiger charge is -2.31. The zero-order valence-electron chi connectivity index (χ0n) is 14.5. The van der Waals surface area contributed by atoms with Crippen molar-refractivity contribution in [3.8, 4) is 0 Å².